The Morgan fingerprint density at radius 2 is 1.92 bits per heavy atom. The number of anilines is 1. The van der Waals surface area contributed by atoms with Crippen LogP contribution in [0.3, 0.4) is 0 Å². The minimum absolute atomic E-state index is 0.142. The van der Waals surface area contributed by atoms with Gasteiger partial charge in [-0.3, -0.25) is 4.79 Å². The van der Waals surface area contributed by atoms with Gasteiger partial charge in [0.1, 0.15) is 5.82 Å². The second-order valence-corrected chi connectivity index (χ2v) is 9.87. The van der Waals surface area contributed by atoms with E-state index in [2.05, 4.69) is 20.7 Å². The van der Waals surface area contributed by atoms with E-state index >= 15 is 0 Å². The van der Waals surface area contributed by atoms with Gasteiger partial charge in [0.25, 0.3) is 5.91 Å². The molecular weight excluding hydrogens is 490 g/mol. The van der Waals surface area contributed by atoms with Crippen molar-refractivity contribution in [2.75, 3.05) is 5.32 Å². The lowest BCUT2D eigenvalue weighted by atomic mass is 10.0. The van der Waals surface area contributed by atoms with E-state index in [1.807, 2.05) is 48.9 Å². The maximum absolute atomic E-state index is 14.1. The molecule has 3 heterocycles. The van der Waals surface area contributed by atoms with Gasteiger partial charge in [-0.05, 0) is 72.9 Å². The van der Waals surface area contributed by atoms with Gasteiger partial charge in [-0.1, -0.05) is 18.2 Å². The molecule has 1 amide bonds. The van der Waals surface area contributed by atoms with E-state index in [1.54, 1.807) is 29.0 Å². The van der Waals surface area contributed by atoms with Crippen molar-refractivity contribution in [3.05, 3.63) is 83.9 Å². The Kier molecular flexibility index (Phi) is 5.64. The number of alkyl halides is 1. The molecule has 10 heteroatoms. The van der Waals surface area contributed by atoms with Gasteiger partial charge in [0.2, 0.25) is 5.95 Å². The predicted octanol–water partition coefficient (Wildman–Crippen LogP) is 4.75. The highest BCUT2D eigenvalue weighted by Gasteiger charge is 2.50. The molecule has 1 unspecified atom stereocenters. The first-order valence-corrected chi connectivity index (χ1v) is 12.4. The van der Waals surface area contributed by atoms with E-state index in [1.165, 1.54) is 12.1 Å². The summed E-state index contributed by atoms with van der Waals surface area (Å²) in [5.41, 5.74) is 2.71. The Morgan fingerprint density at radius 1 is 1.13 bits per heavy atom. The summed E-state index contributed by atoms with van der Waals surface area (Å²) in [6.45, 7) is 1.82. The van der Waals surface area contributed by atoms with Crippen LogP contribution >= 0.6 is 0 Å². The van der Waals surface area contributed by atoms with Crippen molar-refractivity contribution in [2.24, 2.45) is 7.05 Å². The number of aliphatic hydroxyl groups is 1. The molecule has 0 bridgehead atoms. The van der Waals surface area contributed by atoms with Crippen LogP contribution in [0.1, 0.15) is 41.7 Å². The van der Waals surface area contributed by atoms with E-state index in [4.69, 9.17) is 0 Å². The number of nitrogens with one attached hydrogen (secondary N) is 2. The van der Waals surface area contributed by atoms with Gasteiger partial charge in [-0.25, -0.2) is 13.3 Å². The number of pyridine rings is 1. The number of nitrogens with zero attached hydrogens (tertiary/aromatic N) is 4. The Hall–Kier alpha value is -4.31. The third-order valence-electron chi connectivity index (χ3n) is 7.08. The van der Waals surface area contributed by atoms with E-state index < -0.39 is 11.9 Å². The lowest BCUT2D eigenvalue weighted by molar-refractivity contribution is 0.0828. The number of carbonyl (C=O) groups is 1. The van der Waals surface area contributed by atoms with Crippen molar-refractivity contribution >= 4 is 28.4 Å². The molecule has 1 aliphatic carbocycles. The number of fused-ring (bicyclic) bond motifs is 2. The van der Waals surface area contributed by atoms with Crippen LogP contribution in [0.2, 0.25) is 0 Å². The molecule has 1 aliphatic rings. The summed E-state index contributed by atoms with van der Waals surface area (Å²) < 4.78 is 31.2. The topological polar surface area (TPSA) is 96.5 Å². The number of aryl methyl sites for hydroxylation is 1. The fourth-order valence-corrected chi connectivity index (χ4v) is 4.65. The van der Waals surface area contributed by atoms with Crippen molar-refractivity contribution in [3.8, 4) is 11.1 Å². The summed E-state index contributed by atoms with van der Waals surface area (Å²) in [6.07, 6.45) is 2.79. The molecule has 8 nitrogen and oxygen atoms in total. The molecule has 1 saturated carbocycles. The average molecular weight is 517 g/mol. The summed E-state index contributed by atoms with van der Waals surface area (Å²) >= 11 is 0. The number of aliphatic hydroxyl groups excluding tert-OH is 1. The molecule has 0 radical (unpaired) electrons. The number of hydrogen-bond acceptors (Lipinski definition) is 5. The Morgan fingerprint density at radius 3 is 2.68 bits per heavy atom. The fourth-order valence-electron chi connectivity index (χ4n) is 4.65. The summed E-state index contributed by atoms with van der Waals surface area (Å²) in [6, 6.07) is 15.4. The molecule has 5 aromatic rings. The first-order valence-electron chi connectivity index (χ1n) is 12.4. The molecule has 3 N–H and O–H groups in total. The van der Waals surface area contributed by atoms with Crippen molar-refractivity contribution in [2.45, 2.75) is 37.7 Å². The monoisotopic (exact) mass is 516 g/mol. The van der Waals surface area contributed by atoms with Crippen LogP contribution in [0, 0.1) is 5.82 Å². The number of rotatable bonds is 7. The van der Waals surface area contributed by atoms with Crippen LogP contribution in [-0.2, 0) is 7.05 Å². The van der Waals surface area contributed by atoms with Crippen molar-refractivity contribution in [1.82, 2.24) is 24.5 Å². The molecule has 0 saturated heterocycles. The number of hydrogen-bond donors (Lipinski definition) is 3. The Bertz CT molecular complexity index is 1690. The summed E-state index contributed by atoms with van der Waals surface area (Å²) in [5, 5.41) is 20.7. The van der Waals surface area contributed by atoms with Crippen LogP contribution in [0.25, 0.3) is 27.7 Å². The zero-order valence-corrected chi connectivity index (χ0v) is 20.8. The molecular formula is C28H26F2N6O2. The third kappa shape index (κ3) is 4.37. The number of benzene rings is 2. The highest BCUT2D eigenvalue weighted by atomic mass is 19.1. The van der Waals surface area contributed by atoms with Crippen LogP contribution in [-0.4, -0.2) is 42.1 Å². The molecule has 38 heavy (non-hydrogen) atoms. The summed E-state index contributed by atoms with van der Waals surface area (Å²) in [7, 11) is 1.88. The van der Waals surface area contributed by atoms with Crippen molar-refractivity contribution in [1.29, 1.82) is 0 Å². The zero-order valence-electron chi connectivity index (χ0n) is 20.8. The van der Waals surface area contributed by atoms with Gasteiger partial charge >= 0.3 is 0 Å². The first kappa shape index (κ1) is 24.1. The van der Waals surface area contributed by atoms with Crippen LogP contribution in [0.5, 0.6) is 0 Å². The van der Waals surface area contributed by atoms with Gasteiger partial charge in [0, 0.05) is 30.3 Å². The minimum atomic E-state index is -1.62. The Balaban J connectivity index is 1.28. The second kappa shape index (κ2) is 8.91. The van der Waals surface area contributed by atoms with Gasteiger partial charge in [0.15, 0.2) is 17.5 Å². The van der Waals surface area contributed by atoms with Crippen molar-refractivity contribution < 1.29 is 18.7 Å². The molecule has 0 spiro atoms. The molecule has 2 aromatic carbocycles. The fraction of sp³-hybridized carbons (Fsp3) is 0.250. The van der Waals surface area contributed by atoms with Gasteiger partial charge in [-0.2, -0.15) is 4.98 Å². The van der Waals surface area contributed by atoms with E-state index in [9.17, 15) is 18.7 Å². The van der Waals surface area contributed by atoms with Crippen LogP contribution in [0.15, 0.2) is 67.0 Å². The first-order chi connectivity index (χ1) is 18.2. The number of halogens is 2. The predicted molar refractivity (Wildman–Crippen MR) is 140 cm³/mol. The molecule has 194 valence electrons. The minimum Gasteiger partial charge on any atom is -0.370 e. The number of amides is 1. The zero-order chi connectivity index (χ0) is 26.6. The second-order valence-electron chi connectivity index (χ2n) is 9.87. The highest BCUT2D eigenvalue weighted by molar-refractivity contribution is 6.08. The summed E-state index contributed by atoms with van der Waals surface area (Å²) in [5.74, 6) is -0.465. The molecule has 1 fully saturated rings. The maximum atomic E-state index is 14.1. The van der Waals surface area contributed by atoms with E-state index in [0.29, 0.717) is 29.6 Å². The molecule has 0 aliphatic heterocycles. The van der Waals surface area contributed by atoms with E-state index in [-0.39, 0.29) is 23.7 Å². The van der Waals surface area contributed by atoms with Crippen LogP contribution in [0.4, 0.5) is 14.7 Å². The van der Waals surface area contributed by atoms with Gasteiger partial charge in [-0.15, -0.1) is 5.10 Å². The van der Waals surface area contributed by atoms with E-state index in [0.717, 1.165) is 22.0 Å². The lowest BCUT2D eigenvalue weighted by Gasteiger charge is -2.14. The third-order valence-corrected chi connectivity index (χ3v) is 7.08. The van der Waals surface area contributed by atoms with Crippen LogP contribution < -0.4 is 10.6 Å². The lowest BCUT2D eigenvalue weighted by Crippen LogP contribution is -2.32. The maximum Gasteiger partial charge on any atom is 0.253 e. The SMILES string of the molecule is C[C@H](NC(=O)c1cn(C)c2ccc(-c3ccn4nc(NC(O)C5(F)CC5)nc4c3)cc12)c1cccc(F)c1. The van der Waals surface area contributed by atoms with Crippen molar-refractivity contribution in [3.63, 3.8) is 0 Å². The highest BCUT2D eigenvalue weighted by Crippen LogP contribution is 2.42. The normalized spacial score (nSPS) is 15.9. The van der Waals surface area contributed by atoms with Gasteiger partial charge in [0.05, 0.1) is 11.6 Å². The standard InChI is InChI=1S/C28H26F2N6O2/c1-16(17-4-3-5-20(29)12-17)31-25(37)22-15-35(2)23-7-6-18(13-21(22)23)19-8-11-36-24(14-19)32-27(34-36)33-26(38)28(30)9-10-28/h3-8,11-16,26,38H,9-10H2,1-2H3,(H,31,37)(H,33,34)/t16-,26?/m0/s1. The number of carbonyl (C=O) groups excluding carboxylic acids is 1. The summed E-state index contributed by atoms with van der Waals surface area (Å²) in [4.78, 5) is 17.6. The Labute approximate surface area is 216 Å². The average Bonchev–Trinajstić information content (AvgIpc) is 3.39. The molecule has 3 aromatic heterocycles. The van der Waals surface area contributed by atoms with Gasteiger partial charge < -0.3 is 20.3 Å². The quantitative estimate of drug-likeness (QED) is 0.271. The smallest absolute Gasteiger partial charge is 0.253 e. The largest absolute Gasteiger partial charge is 0.370 e. The number of aromatic nitrogens is 4. The molecule has 6 rings (SSSR count). The molecule has 2 atom stereocenters.